The van der Waals surface area contributed by atoms with Gasteiger partial charge in [-0.2, -0.15) is 0 Å². The van der Waals surface area contributed by atoms with Gasteiger partial charge in [-0.05, 0) is 45.4 Å². The van der Waals surface area contributed by atoms with Gasteiger partial charge >= 0.3 is 0 Å². The van der Waals surface area contributed by atoms with Crippen LogP contribution in [0.1, 0.15) is 45.0 Å². The monoisotopic (exact) mass is 274 g/mol. The average molecular weight is 274 g/mol. The number of hydrogen-bond donors (Lipinski definition) is 0. The zero-order chi connectivity index (χ0) is 14.1. The summed E-state index contributed by atoms with van der Waals surface area (Å²) in [6.07, 6.45) is 5.56. The van der Waals surface area contributed by atoms with Gasteiger partial charge < -0.3 is 4.74 Å². The van der Waals surface area contributed by atoms with Crippen LogP contribution in [0.5, 0.6) is 5.75 Å². The van der Waals surface area contributed by atoms with Crippen molar-refractivity contribution < 1.29 is 4.74 Å². The molecule has 2 aromatic rings. The van der Waals surface area contributed by atoms with Crippen LogP contribution < -0.4 is 4.74 Å². The first-order chi connectivity index (χ1) is 9.69. The van der Waals surface area contributed by atoms with Gasteiger partial charge in [0.05, 0.1) is 19.3 Å². The fourth-order valence-electron chi connectivity index (χ4n) is 2.99. The maximum absolute atomic E-state index is 5.24. The van der Waals surface area contributed by atoms with Crippen LogP contribution >= 0.6 is 0 Å². The standard InChI is InChI=1S/C15H22N4O/c1-11(2)18-9-5-4-6-13(18)15-16-14-8-7-12(20-3)10-19(14)17-15/h7-8,10-11,13H,4-6,9H2,1-3H3. The molecule has 5 nitrogen and oxygen atoms in total. The summed E-state index contributed by atoms with van der Waals surface area (Å²) < 4.78 is 7.06. The Morgan fingerprint density at radius 2 is 2.15 bits per heavy atom. The molecule has 0 aromatic carbocycles. The number of ether oxygens (including phenoxy) is 1. The number of piperidine rings is 1. The molecule has 3 heterocycles. The van der Waals surface area contributed by atoms with E-state index in [9.17, 15) is 0 Å². The van der Waals surface area contributed by atoms with Crippen molar-refractivity contribution in [2.75, 3.05) is 13.7 Å². The van der Waals surface area contributed by atoms with Crippen molar-refractivity contribution in [3.05, 3.63) is 24.2 Å². The van der Waals surface area contributed by atoms with E-state index < -0.39 is 0 Å². The zero-order valence-corrected chi connectivity index (χ0v) is 12.4. The van der Waals surface area contributed by atoms with Crippen molar-refractivity contribution in [2.45, 2.75) is 45.2 Å². The van der Waals surface area contributed by atoms with Gasteiger partial charge in [-0.25, -0.2) is 9.50 Å². The number of fused-ring (bicyclic) bond motifs is 1. The number of methoxy groups -OCH3 is 1. The van der Waals surface area contributed by atoms with Crippen molar-refractivity contribution in [1.29, 1.82) is 0 Å². The second-order valence-corrected chi connectivity index (χ2v) is 5.68. The Morgan fingerprint density at radius 3 is 2.90 bits per heavy atom. The van der Waals surface area contributed by atoms with Crippen molar-refractivity contribution >= 4 is 5.65 Å². The normalized spacial score (nSPS) is 20.7. The maximum Gasteiger partial charge on any atom is 0.168 e. The van der Waals surface area contributed by atoms with Crippen LogP contribution in [0.15, 0.2) is 18.3 Å². The summed E-state index contributed by atoms with van der Waals surface area (Å²) in [5.74, 6) is 1.74. The fraction of sp³-hybridized carbons (Fsp3) is 0.600. The molecule has 1 aliphatic rings. The summed E-state index contributed by atoms with van der Waals surface area (Å²) in [5.41, 5.74) is 0.884. The number of nitrogens with zero attached hydrogens (tertiary/aromatic N) is 4. The SMILES string of the molecule is COc1ccc2nc(C3CCCCN3C(C)C)nn2c1. The lowest BCUT2D eigenvalue weighted by Gasteiger charge is -2.36. The van der Waals surface area contributed by atoms with E-state index in [1.165, 1.54) is 12.8 Å². The molecule has 0 N–H and O–H groups in total. The molecule has 20 heavy (non-hydrogen) atoms. The third kappa shape index (κ3) is 2.38. The molecule has 0 amide bonds. The largest absolute Gasteiger partial charge is 0.495 e. The molecular weight excluding hydrogens is 252 g/mol. The molecule has 108 valence electrons. The number of hydrogen-bond acceptors (Lipinski definition) is 4. The lowest BCUT2D eigenvalue weighted by atomic mass is 10.00. The Kier molecular flexibility index (Phi) is 3.61. The van der Waals surface area contributed by atoms with Crippen LogP contribution in [0.25, 0.3) is 5.65 Å². The Hall–Kier alpha value is -1.62. The van der Waals surface area contributed by atoms with Gasteiger partial charge in [-0.3, -0.25) is 4.90 Å². The van der Waals surface area contributed by atoms with Crippen LogP contribution in [0.3, 0.4) is 0 Å². The molecule has 0 saturated carbocycles. The lowest BCUT2D eigenvalue weighted by Crippen LogP contribution is -2.39. The summed E-state index contributed by atoms with van der Waals surface area (Å²) in [5, 5.41) is 4.66. The fourth-order valence-corrected chi connectivity index (χ4v) is 2.99. The van der Waals surface area contributed by atoms with E-state index in [4.69, 9.17) is 9.72 Å². The Bertz CT molecular complexity index is 593. The number of likely N-dealkylation sites (tertiary alicyclic amines) is 1. The molecule has 0 spiro atoms. The smallest absolute Gasteiger partial charge is 0.168 e. The Balaban J connectivity index is 1.95. The minimum absolute atomic E-state index is 0.342. The summed E-state index contributed by atoms with van der Waals surface area (Å²) in [7, 11) is 1.67. The van der Waals surface area contributed by atoms with Crippen molar-refractivity contribution in [3.63, 3.8) is 0 Å². The average Bonchev–Trinajstić information content (AvgIpc) is 2.89. The molecule has 5 heteroatoms. The second kappa shape index (κ2) is 5.40. The molecule has 0 radical (unpaired) electrons. The van der Waals surface area contributed by atoms with E-state index in [0.29, 0.717) is 12.1 Å². The first-order valence-electron chi connectivity index (χ1n) is 7.35. The quantitative estimate of drug-likeness (QED) is 0.863. The first-order valence-corrected chi connectivity index (χ1v) is 7.35. The van der Waals surface area contributed by atoms with Gasteiger partial charge in [0.25, 0.3) is 0 Å². The number of rotatable bonds is 3. The highest BCUT2D eigenvalue weighted by atomic mass is 16.5. The molecule has 0 aliphatic carbocycles. The summed E-state index contributed by atoms with van der Waals surface area (Å²) in [4.78, 5) is 7.21. The van der Waals surface area contributed by atoms with E-state index in [1.807, 2.05) is 22.8 Å². The van der Waals surface area contributed by atoms with Gasteiger partial charge in [0, 0.05) is 6.04 Å². The highest BCUT2D eigenvalue weighted by Crippen LogP contribution is 2.30. The van der Waals surface area contributed by atoms with Crippen LogP contribution in [0, 0.1) is 0 Å². The molecule has 1 atom stereocenters. The zero-order valence-electron chi connectivity index (χ0n) is 12.4. The molecule has 0 bridgehead atoms. The van der Waals surface area contributed by atoms with Gasteiger partial charge in [0.1, 0.15) is 5.75 Å². The van der Waals surface area contributed by atoms with Crippen molar-refractivity contribution in [3.8, 4) is 5.75 Å². The van der Waals surface area contributed by atoms with Crippen molar-refractivity contribution in [2.24, 2.45) is 0 Å². The van der Waals surface area contributed by atoms with E-state index >= 15 is 0 Å². The Labute approximate surface area is 119 Å². The van der Waals surface area contributed by atoms with Gasteiger partial charge in [-0.15, -0.1) is 5.10 Å². The van der Waals surface area contributed by atoms with Crippen LogP contribution in [-0.2, 0) is 0 Å². The first kappa shape index (κ1) is 13.4. The molecule has 1 aliphatic heterocycles. The van der Waals surface area contributed by atoms with E-state index in [1.54, 1.807) is 7.11 Å². The summed E-state index contributed by atoms with van der Waals surface area (Å²) in [6, 6.07) is 4.75. The molecule has 3 rings (SSSR count). The van der Waals surface area contributed by atoms with Gasteiger partial charge in [0.15, 0.2) is 11.5 Å². The maximum atomic E-state index is 5.24. The van der Waals surface area contributed by atoms with Crippen molar-refractivity contribution in [1.82, 2.24) is 19.5 Å². The lowest BCUT2D eigenvalue weighted by molar-refractivity contribution is 0.106. The molecular formula is C15H22N4O. The van der Waals surface area contributed by atoms with Crippen LogP contribution in [0.4, 0.5) is 0 Å². The minimum Gasteiger partial charge on any atom is -0.495 e. The number of aromatic nitrogens is 3. The van der Waals surface area contributed by atoms with Gasteiger partial charge in [-0.1, -0.05) is 6.42 Å². The van der Waals surface area contributed by atoms with E-state index in [2.05, 4.69) is 23.8 Å². The molecule has 1 saturated heterocycles. The minimum atomic E-state index is 0.342. The van der Waals surface area contributed by atoms with Gasteiger partial charge in [0.2, 0.25) is 0 Å². The predicted octanol–water partition coefficient (Wildman–Crippen LogP) is 2.67. The van der Waals surface area contributed by atoms with Crippen LogP contribution in [0.2, 0.25) is 0 Å². The van der Waals surface area contributed by atoms with E-state index in [-0.39, 0.29) is 0 Å². The number of pyridine rings is 1. The molecule has 1 fully saturated rings. The summed E-state index contributed by atoms with van der Waals surface area (Å²) in [6.45, 7) is 5.63. The molecule has 2 aromatic heterocycles. The molecule has 1 unspecified atom stereocenters. The highest BCUT2D eigenvalue weighted by Gasteiger charge is 2.28. The third-order valence-electron chi connectivity index (χ3n) is 4.06. The third-order valence-corrected chi connectivity index (χ3v) is 4.06. The van der Waals surface area contributed by atoms with Crippen LogP contribution in [-0.4, -0.2) is 39.2 Å². The Morgan fingerprint density at radius 1 is 1.30 bits per heavy atom. The van der Waals surface area contributed by atoms with E-state index in [0.717, 1.165) is 30.2 Å². The topological polar surface area (TPSA) is 42.7 Å². The predicted molar refractivity (Wildman–Crippen MR) is 78.0 cm³/mol. The second-order valence-electron chi connectivity index (χ2n) is 5.68. The highest BCUT2D eigenvalue weighted by molar-refractivity contribution is 5.40. The summed E-state index contributed by atoms with van der Waals surface area (Å²) >= 11 is 0.